The molecule has 3 heterocycles. The fourth-order valence-corrected chi connectivity index (χ4v) is 5.57. The van der Waals surface area contributed by atoms with Crippen molar-refractivity contribution in [1.29, 1.82) is 0 Å². The van der Waals surface area contributed by atoms with Crippen LogP contribution in [0.15, 0.2) is 72.8 Å². The van der Waals surface area contributed by atoms with Crippen LogP contribution in [-0.2, 0) is 0 Å². The summed E-state index contributed by atoms with van der Waals surface area (Å²) in [6.07, 6.45) is 0. The van der Waals surface area contributed by atoms with Gasteiger partial charge in [-0.2, -0.15) is 0 Å². The van der Waals surface area contributed by atoms with E-state index < -0.39 is 0 Å². The number of rotatable bonds is 4. The zero-order valence-corrected chi connectivity index (χ0v) is 18.9. The van der Waals surface area contributed by atoms with Crippen molar-refractivity contribution in [2.45, 2.75) is 17.9 Å². The Kier molecular flexibility index (Phi) is 5.44. The van der Waals surface area contributed by atoms with E-state index in [9.17, 15) is 5.11 Å². The molecule has 0 unspecified atom stereocenters. The van der Waals surface area contributed by atoms with Gasteiger partial charge in [-0.25, -0.2) is 0 Å². The molecule has 5 nitrogen and oxygen atoms in total. The number of phenols is 1. The highest BCUT2D eigenvalue weighted by Crippen LogP contribution is 2.47. The lowest BCUT2D eigenvalue weighted by molar-refractivity contribution is 0.138. The minimum absolute atomic E-state index is 0.189. The molecule has 0 radical (unpaired) electrons. The number of benzene rings is 3. The first-order chi connectivity index (χ1) is 16.3. The fourth-order valence-electron chi connectivity index (χ4n) is 5.57. The Balaban J connectivity index is 1.27. The number of hydrogen-bond acceptors (Lipinski definition) is 5. The number of hydrogen-bond donors (Lipinski definition) is 2. The molecule has 170 valence electrons. The van der Waals surface area contributed by atoms with Gasteiger partial charge >= 0.3 is 0 Å². The smallest absolute Gasteiger partial charge is 0.126 e. The second-order valence-electron chi connectivity index (χ2n) is 9.45. The topological polar surface area (TPSA) is 48.0 Å². The number of anilines is 1. The van der Waals surface area contributed by atoms with E-state index in [2.05, 4.69) is 69.7 Å². The molecule has 0 aliphatic carbocycles. The Morgan fingerprint density at radius 1 is 0.818 bits per heavy atom. The fraction of sp³-hybridized carbons (Fsp3) is 0.357. The summed E-state index contributed by atoms with van der Waals surface area (Å²) in [4.78, 5) is 5.14. The number of aromatic hydroxyl groups is 1. The second-order valence-corrected chi connectivity index (χ2v) is 9.45. The largest absolute Gasteiger partial charge is 0.508 e. The van der Waals surface area contributed by atoms with Crippen molar-refractivity contribution in [3.05, 3.63) is 89.5 Å². The van der Waals surface area contributed by atoms with Gasteiger partial charge in [-0.3, -0.25) is 4.90 Å². The van der Waals surface area contributed by atoms with E-state index in [-0.39, 0.29) is 17.6 Å². The van der Waals surface area contributed by atoms with Crippen molar-refractivity contribution in [1.82, 2.24) is 10.2 Å². The highest BCUT2D eigenvalue weighted by molar-refractivity contribution is 5.54. The van der Waals surface area contributed by atoms with Crippen molar-refractivity contribution in [2.75, 3.05) is 50.8 Å². The van der Waals surface area contributed by atoms with Crippen molar-refractivity contribution < 1.29 is 9.84 Å². The van der Waals surface area contributed by atoms with E-state index in [4.69, 9.17) is 4.74 Å². The Morgan fingerprint density at radius 2 is 1.58 bits per heavy atom. The SMILES string of the molecule is Oc1ccc2c(c1)OC[C@@H](c1ccccc1)[C@H]2c1ccc(N2CCN(C3CNC3)CC2)cc1. The van der Waals surface area contributed by atoms with Crippen LogP contribution in [-0.4, -0.2) is 61.9 Å². The summed E-state index contributed by atoms with van der Waals surface area (Å²) in [5.74, 6) is 1.46. The molecule has 3 aliphatic rings. The monoisotopic (exact) mass is 441 g/mol. The summed E-state index contributed by atoms with van der Waals surface area (Å²) in [6.45, 7) is 7.33. The van der Waals surface area contributed by atoms with Gasteiger partial charge < -0.3 is 20.1 Å². The van der Waals surface area contributed by atoms with Gasteiger partial charge in [-0.15, -0.1) is 0 Å². The van der Waals surface area contributed by atoms with Crippen LogP contribution in [0.25, 0.3) is 0 Å². The summed E-state index contributed by atoms with van der Waals surface area (Å²) < 4.78 is 6.11. The highest BCUT2D eigenvalue weighted by Gasteiger charge is 2.34. The summed E-state index contributed by atoms with van der Waals surface area (Å²) in [7, 11) is 0. The van der Waals surface area contributed by atoms with Crippen molar-refractivity contribution in [3.63, 3.8) is 0 Å². The summed E-state index contributed by atoms with van der Waals surface area (Å²) in [6, 6.07) is 26.1. The van der Waals surface area contributed by atoms with Gasteiger partial charge in [0.1, 0.15) is 11.5 Å². The third kappa shape index (κ3) is 3.96. The number of ether oxygens (including phenoxy) is 1. The van der Waals surface area contributed by atoms with Gasteiger partial charge in [0.25, 0.3) is 0 Å². The molecule has 2 N–H and O–H groups in total. The van der Waals surface area contributed by atoms with Gasteiger partial charge in [-0.1, -0.05) is 48.5 Å². The third-order valence-corrected chi connectivity index (χ3v) is 7.59. The van der Waals surface area contributed by atoms with Crippen LogP contribution >= 0.6 is 0 Å². The maximum Gasteiger partial charge on any atom is 0.126 e. The molecule has 5 heteroatoms. The zero-order valence-electron chi connectivity index (χ0n) is 18.9. The van der Waals surface area contributed by atoms with E-state index in [1.165, 1.54) is 16.8 Å². The minimum atomic E-state index is 0.189. The van der Waals surface area contributed by atoms with Gasteiger partial charge in [0.15, 0.2) is 0 Å². The first-order valence-electron chi connectivity index (χ1n) is 12.1. The predicted octanol–water partition coefficient (Wildman–Crippen LogP) is 3.79. The number of nitrogens with one attached hydrogen (secondary N) is 1. The summed E-state index contributed by atoms with van der Waals surface area (Å²) in [5, 5.41) is 13.4. The molecule has 0 bridgehead atoms. The molecule has 3 aromatic rings. The lowest BCUT2D eigenvalue weighted by Gasteiger charge is -2.44. The molecule has 0 aromatic heterocycles. The molecular weight excluding hydrogens is 410 g/mol. The molecule has 0 saturated carbocycles. The molecule has 2 atom stereocenters. The molecule has 3 aromatic carbocycles. The third-order valence-electron chi connectivity index (χ3n) is 7.59. The minimum Gasteiger partial charge on any atom is -0.508 e. The van der Waals surface area contributed by atoms with E-state index in [0.29, 0.717) is 6.61 Å². The van der Waals surface area contributed by atoms with Crippen molar-refractivity contribution in [3.8, 4) is 11.5 Å². The van der Waals surface area contributed by atoms with Gasteiger partial charge in [0, 0.05) is 74.5 Å². The van der Waals surface area contributed by atoms with Crippen LogP contribution in [0.2, 0.25) is 0 Å². The number of nitrogens with zero attached hydrogens (tertiary/aromatic N) is 2. The predicted molar refractivity (Wildman–Crippen MR) is 132 cm³/mol. The molecule has 3 aliphatic heterocycles. The Labute approximate surface area is 195 Å². The van der Waals surface area contributed by atoms with Crippen molar-refractivity contribution >= 4 is 5.69 Å². The van der Waals surface area contributed by atoms with Crippen LogP contribution in [0.1, 0.15) is 28.5 Å². The quantitative estimate of drug-likeness (QED) is 0.645. The Morgan fingerprint density at radius 3 is 2.27 bits per heavy atom. The van der Waals surface area contributed by atoms with Crippen LogP contribution in [0.5, 0.6) is 11.5 Å². The van der Waals surface area contributed by atoms with E-state index in [1.54, 1.807) is 12.1 Å². The van der Waals surface area contributed by atoms with Gasteiger partial charge in [0.05, 0.1) is 6.61 Å². The molecule has 2 saturated heterocycles. The summed E-state index contributed by atoms with van der Waals surface area (Å²) in [5.41, 5.74) is 5.02. The van der Waals surface area contributed by atoms with Crippen LogP contribution in [0.3, 0.4) is 0 Å². The average molecular weight is 442 g/mol. The zero-order chi connectivity index (χ0) is 22.2. The molecule has 0 amide bonds. The van der Waals surface area contributed by atoms with E-state index in [1.807, 2.05) is 6.07 Å². The van der Waals surface area contributed by atoms with Crippen LogP contribution < -0.4 is 15.0 Å². The Bertz CT molecular complexity index is 1090. The van der Waals surface area contributed by atoms with Gasteiger partial charge in [0.2, 0.25) is 0 Å². The molecule has 2 fully saturated rings. The first kappa shape index (κ1) is 20.6. The van der Waals surface area contributed by atoms with Crippen molar-refractivity contribution in [2.24, 2.45) is 0 Å². The molecular formula is C28H31N3O2. The Hall–Kier alpha value is -3.02. The van der Waals surface area contributed by atoms with Crippen LogP contribution in [0, 0.1) is 0 Å². The maximum absolute atomic E-state index is 9.99. The van der Waals surface area contributed by atoms with E-state index in [0.717, 1.165) is 56.6 Å². The molecule has 0 spiro atoms. The second kappa shape index (κ2) is 8.73. The van der Waals surface area contributed by atoms with Crippen LogP contribution in [0.4, 0.5) is 5.69 Å². The number of piperazine rings is 1. The maximum atomic E-state index is 9.99. The van der Waals surface area contributed by atoms with Gasteiger partial charge in [-0.05, 0) is 29.3 Å². The molecule has 33 heavy (non-hydrogen) atoms. The number of phenolic OH excluding ortho intramolecular Hbond substituents is 1. The average Bonchev–Trinajstić information content (AvgIpc) is 2.83. The first-order valence-corrected chi connectivity index (χ1v) is 12.1. The number of fused-ring (bicyclic) bond motifs is 1. The lowest BCUT2D eigenvalue weighted by Crippen LogP contribution is -2.61. The standard InChI is InChI=1S/C28H31N3O2/c32-24-10-11-25-27(16-24)33-19-26(20-4-2-1-3-5-20)28(25)21-6-8-22(9-7-21)30-12-14-31(15-13-30)23-17-29-18-23/h1-11,16,23,26,28-29,32H,12-15,17-19H2/t26-,28-/m0/s1. The normalized spacial score (nSPS) is 23.5. The summed E-state index contributed by atoms with van der Waals surface area (Å²) >= 11 is 0. The molecule has 6 rings (SSSR count). The highest BCUT2D eigenvalue weighted by atomic mass is 16.5. The lowest BCUT2D eigenvalue weighted by atomic mass is 9.76. The van der Waals surface area contributed by atoms with E-state index >= 15 is 0 Å².